The molecule has 3 heterocycles. The van der Waals surface area contributed by atoms with Gasteiger partial charge < -0.3 is 14.6 Å². The third-order valence-electron chi connectivity index (χ3n) is 5.34. The molecule has 1 N–H and O–H groups in total. The van der Waals surface area contributed by atoms with Crippen LogP contribution < -0.4 is 5.56 Å². The molecule has 1 fully saturated rings. The summed E-state index contributed by atoms with van der Waals surface area (Å²) >= 11 is 6.36. The summed E-state index contributed by atoms with van der Waals surface area (Å²) < 4.78 is 7.32. The number of hydrogen-bond donors (Lipinski definition) is 1. The predicted octanol–water partition coefficient (Wildman–Crippen LogP) is 4.33. The standard InChI is InChI=1S/C21H25ClN4O3/c1-12-10-13(8-9-25(12)20(28)29-21(2,3)4)16-11-17(27)23-19-18-14(22)6-5-7-15(18)24-26(16)19/h5-7,11-13H,8-10H2,1-4H3,(H,23,27)/t12-,13-/m1/s1. The van der Waals surface area contributed by atoms with E-state index >= 15 is 0 Å². The van der Waals surface area contributed by atoms with Crippen molar-refractivity contribution in [1.82, 2.24) is 19.5 Å². The monoisotopic (exact) mass is 416 g/mol. The fourth-order valence-corrected chi connectivity index (χ4v) is 4.33. The zero-order valence-corrected chi connectivity index (χ0v) is 17.8. The molecule has 0 radical (unpaired) electrons. The van der Waals surface area contributed by atoms with Gasteiger partial charge in [-0.15, -0.1) is 0 Å². The van der Waals surface area contributed by atoms with E-state index in [1.54, 1.807) is 21.5 Å². The van der Waals surface area contributed by atoms with Crippen LogP contribution in [0.3, 0.4) is 0 Å². The van der Waals surface area contributed by atoms with E-state index < -0.39 is 5.60 Å². The van der Waals surface area contributed by atoms with Gasteiger partial charge in [0, 0.05) is 24.6 Å². The number of carbonyl (C=O) groups is 1. The van der Waals surface area contributed by atoms with Crippen LogP contribution in [0.4, 0.5) is 4.79 Å². The summed E-state index contributed by atoms with van der Waals surface area (Å²) in [5, 5.41) is 5.97. The van der Waals surface area contributed by atoms with Crippen molar-refractivity contribution in [3.63, 3.8) is 0 Å². The first-order chi connectivity index (χ1) is 13.6. The topological polar surface area (TPSA) is 79.7 Å². The van der Waals surface area contributed by atoms with Gasteiger partial charge in [-0.2, -0.15) is 5.10 Å². The molecule has 0 spiro atoms. The number of aromatic nitrogens is 3. The van der Waals surface area contributed by atoms with Crippen molar-refractivity contribution in [1.29, 1.82) is 0 Å². The molecular weight excluding hydrogens is 392 g/mol. The SMILES string of the molecule is C[C@@H]1C[C@H](c2cc(=O)[nH]c3c4c(Cl)cccc4nn23)CCN1C(=O)OC(C)(C)C. The largest absolute Gasteiger partial charge is 0.444 e. The van der Waals surface area contributed by atoms with Crippen molar-refractivity contribution < 1.29 is 9.53 Å². The normalized spacial score (nSPS) is 20.4. The van der Waals surface area contributed by atoms with E-state index in [1.807, 2.05) is 39.8 Å². The van der Waals surface area contributed by atoms with E-state index in [2.05, 4.69) is 10.1 Å². The Morgan fingerprint density at radius 3 is 2.79 bits per heavy atom. The molecule has 2 aromatic heterocycles. The molecule has 1 aliphatic heterocycles. The van der Waals surface area contributed by atoms with Gasteiger partial charge in [0.05, 0.1) is 21.6 Å². The molecule has 7 nitrogen and oxygen atoms in total. The zero-order chi connectivity index (χ0) is 20.9. The highest BCUT2D eigenvalue weighted by Gasteiger charge is 2.33. The summed E-state index contributed by atoms with van der Waals surface area (Å²) in [6.45, 7) is 8.17. The number of benzene rings is 1. The van der Waals surface area contributed by atoms with E-state index in [9.17, 15) is 9.59 Å². The number of likely N-dealkylation sites (tertiary alicyclic amines) is 1. The highest BCUT2D eigenvalue weighted by molar-refractivity contribution is 6.36. The maximum absolute atomic E-state index is 12.5. The Balaban J connectivity index is 1.68. The number of halogens is 1. The number of piperidine rings is 1. The van der Waals surface area contributed by atoms with Crippen molar-refractivity contribution in [2.75, 3.05) is 6.54 Å². The van der Waals surface area contributed by atoms with Crippen LogP contribution in [0.1, 0.15) is 52.1 Å². The maximum Gasteiger partial charge on any atom is 0.410 e. The lowest BCUT2D eigenvalue weighted by molar-refractivity contribution is 0.0102. The summed E-state index contributed by atoms with van der Waals surface area (Å²) in [6.07, 6.45) is 1.16. The molecular formula is C21H25ClN4O3. The molecule has 1 amide bonds. The smallest absolute Gasteiger partial charge is 0.410 e. The summed E-state index contributed by atoms with van der Waals surface area (Å²) in [6, 6.07) is 7.11. The molecule has 154 valence electrons. The van der Waals surface area contributed by atoms with Crippen molar-refractivity contribution in [3.05, 3.63) is 45.3 Å². The maximum atomic E-state index is 12.5. The van der Waals surface area contributed by atoms with Gasteiger partial charge >= 0.3 is 6.09 Å². The second kappa shape index (κ2) is 7.06. The van der Waals surface area contributed by atoms with E-state index in [4.69, 9.17) is 16.3 Å². The Kier molecular flexibility index (Phi) is 4.81. The molecule has 0 bridgehead atoms. The number of rotatable bonds is 1. The summed E-state index contributed by atoms with van der Waals surface area (Å²) in [4.78, 5) is 29.5. The van der Waals surface area contributed by atoms with Crippen LogP contribution in [0.25, 0.3) is 16.6 Å². The average molecular weight is 417 g/mol. The van der Waals surface area contributed by atoms with E-state index in [0.29, 0.717) is 17.2 Å². The Hall–Kier alpha value is -2.54. The quantitative estimate of drug-likeness (QED) is 0.640. The lowest BCUT2D eigenvalue weighted by Crippen LogP contribution is -2.46. The molecule has 3 aromatic rings. The minimum atomic E-state index is -0.527. The Morgan fingerprint density at radius 1 is 1.34 bits per heavy atom. The minimum Gasteiger partial charge on any atom is -0.444 e. The molecule has 0 aliphatic carbocycles. The van der Waals surface area contributed by atoms with Crippen LogP contribution in [-0.2, 0) is 4.74 Å². The molecule has 1 aromatic carbocycles. The van der Waals surface area contributed by atoms with Crippen LogP contribution >= 0.6 is 11.6 Å². The Labute approximate surface area is 173 Å². The van der Waals surface area contributed by atoms with Gasteiger partial charge in [0.1, 0.15) is 11.2 Å². The first-order valence-corrected chi connectivity index (χ1v) is 10.2. The van der Waals surface area contributed by atoms with E-state index in [-0.39, 0.29) is 23.6 Å². The zero-order valence-electron chi connectivity index (χ0n) is 17.0. The van der Waals surface area contributed by atoms with Crippen LogP contribution in [-0.4, -0.2) is 43.8 Å². The van der Waals surface area contributed by atoms with Crippen LogP contribution in [0.15, 0.2) is 29.1 Å². The van der Waals surface area contributed by atoms with Gasteiger partial charge in [-0.3, -0.25) is 4.79 Å². The highest BCUT2D eigenvalue weighted by Crippen LogP contribution is 2.34. The van der Waals surface area contributed by atoms with Crippen molar-refractivity contribution in [3.8, 4) is 0 Å². The molecule has 1 aliphatic rings. The van der Waals surface area contributed by atoms with Gasteiger partial charge in [0.15, 0.2) is 0 Å². The fourth-order valence-electron chi connectivity index (χ4n) is 4.07. The number of nitrogens with zero attached hydrogens (tertiary/aromatic N) is 3. The van der Waals surface area contributed by atoms with Gasteiger partial charge in [0.2, 0.25) is 0 Å². The van der Waals surface area contributed by atoms with Crippen molar-refractivity contribution in [2.24, 2.45) is 0 Å². The van der Waals surface area contributed by atoms with Crippen molar-refractivity contribution in [2.45, 2.75) is 58.1 Å². The molecule has 0 saturated carbocycles. The third-order valence-corrected chi connectivity index (χ3v) is 5.65. The summed E-state index contributed by atoms with van der Waals surface area (Å²) in [5.74, 6) is 0.0987. The number of ether oxygens (including phenoxy) is 1. The number of fused-ring (bicyclic) bond motifs is 3. The van der Waals surface area contributed by atoms with Crippen LogP contribution in [0.5, 0.6) is 0 Å². The number of aromatic amines is 1. The van der Waals surface area contributed by atoms with Crippen molar-refractivity contribution >= 4 is 34.2 Å². The molecule has 4 rings (SSSR count). The number of nitrogens with one attached hydrogen (secondary N) is 1. The molecule has 29 heavy (non-hydrogen) atoms. The molecule has 8 heteroatoms. The lowest BCUT2D eigenvalue weighted by Gasteiger charge is -2.38. The van der Waals surface area contributed by atoms with Gasteiger partial charge in [-0.25, -0.2) is 9.31 Å². The Morgan fingerprint density at radius 2 is 2.10 bits per heavy atom. The molecule has 0 unspecified atom stereocenters. The average Bonchev–Trinajstić information content (AvgIpc) is 2.99. The minimum absolute atomic E-state index is 0.00787. The molecule has 1 saturated heterocycles. The number of carbonyl (C=O) groups excluding carboxylic acids is 1. The first kappa shape index (κ1) is 19.8. The van der Waals surface area contributed by atoms with Crippen LogP contribution in [0, 0.1) is 0 Å². The Bertz CT molecular complexity index is 1140. The van der Waals surface area contributed by atoms with Gasteiger partial charge in [-0.1, -0.05) is 17.7 Å². The highest BCUT2D eigenvalue weighted by atomic mass is 35.5. The van der Waals surface area contributed by atoms with Gasteiger partial charge in [0.25, 0.3) is 5.56 Å². The molecule has 2 atom stereocenters. The van der Waals surface area contributed by atoms with Crippen LogP contribution in [0.2, 0.25) is 5.02 Å². The first-order valence-electron chi connectivity index (χ1n) is 9.84. The number of amides is 1. The van der Waals surface area contributed by atoms with E-state index in [1.165, 1.54) is 0 Å². The summed E-state index contributed by atoms with van der Waals surface area (Å²) in [7, 11) is 0. The fraction of sp³-hybridized carbons (Fsp3) is 0.476. The lowest BCUT2D eigenvalue weighted by atomic mass is 9.89. The third kappa shape index (κ3) is 3.71. The number of hydrogen-bond acceptors (Lipinski definition) is 4. The predicted molar refractivity (Wildman–Crippen MR) is 113 cm³/mol. The number of H-pyrrole nitrogens is 1. The van der Waals surface area contributed by atoms with E-state index in [0.717, 1.165) is 29.4 Å². The summed E-state index contributed by atoms with van der Waals surface area (Å²) in [5.41, 5.74) is 1.47. The second-order valence-corrected chi connectivity index (χ2v) is 9.10. The van der Waals surface area contributed by atoms with Gasteiger partial charge in [-0.05, 0) is 52.7 Å². The second-order valence-electron chi connectivity index (χ2n) is 8.70.